The molecule has 2 aliphatic rings. The van der Waals surface area contributed by atoms with Crippen molar-refractivity contribution in [3.63, 3.8) is 0 Å². The van der Waals surface area contributed by atoms with Crippen molar-refractivity contribution in [3.8, 4) is 17.1 Å². The minimum Gasteiger partial charge on any atom is -0.460 e. The summed E-state index contributed by atoms with van der Waals surface area (Å²) >= 11 is 0. The van der Waals surface area contributed by atoms with E-state index in [0.717, 1.165) is 54.8 Å². The van der Waals surface area contributed by atoms with E-state index >= 15 is 0 Å². The van der Waals surface area contributed by atoms with Gasteiger partial charge >= 0.3 is 0 Å². The number of aryl methyl sites for hydroxylation is 1. The first-order valence-corrected chi connectivity index (χ1v) is 12.5. The maximum atomic E-state index is 5.96. The van der Waals surface area contributed by atoms with Crippen LogP contribution in [0.5, 0.6) is 0 Å². The summed E-state index contributed by atoms with van der Waals surface area (Å²) in [5, 5.41) is 4.91. The molecule has 6 nitrogen and oxygen atoms in total. The van der Waals surface area contributed by atoms with Gasteiger partial charge in [0, 0.05) is 61.2 Å². The highest BCUT2D eigenvalue weighted by Gasteiger charge is 2.24. The standard InChI is InChI=1S/C28H31N5O/c1-20-12-13-26(34-20)27-23(19-33(31-27)24-10-6-3-7-11-24)18-32-15-14-25-22(17-32)16-29-28(30-25)21-8-4-2-5-9-21/h3,6-7,10-13,16,19,21H,2,4-5,8-9,14-15,17-18H2,1H3. The number of aromatic nitrogens is 4. The monoisotopic (exact) mass is 453 g/mol. The Morgan fingerprint density at radius 3 is 2.68 bits per heavy atom. The second-order valence-electron chi connectivity index (χ2n) is 9.69. The molecule has 1 fully saturated rings. The third-order valence-corrected chi connectivity index (χ3v) is 7.18. The van der Waals surface area contributed by atoms with Gasteiger partial charge in [-0.1, -0.05) is 37.5 Å². The van der Waals surface area contributed by atoms with Crippen molar-refractivity contribution in [1.82, 2.24) is 24.6 Å². The number of benzene rings is 1. The van der Waals surface area contributed by atoms with Crippen molar-refractivity contribution in [2.75, 3.05) is 6.54 Å². The minimum atomic E-state index is 0.556. The van der Waals surface area contributed by atoms with E-state index in [1.807, 2.05) is 41.9 Å². The lowest BCUT2D eigenvalue weighted by Crippen LogP contribution is -2.31. The highest BCUT2D eigenvalue weighted by molar-refractivity contribution is 5.58. The van der Waals surface area contributed by atoms with Gasteiger partial charge in [0.1, 0.15) is 17.3 Å². The SMILES string of the molecule is Cc1ccc(-c2nn(-c3ccccc3)cc2CN2CCc3nc(C4CCCCC4)ncc3C2)o1. The molecule has 0 atom stereocenters. The van der Waals surface area contributed by atoms with E-state index in [1.54, 1.807) is 0 Å². The van der Waals surface area contributed by atoms with Gasteiger partial charge in [-0.15, -0.1) is 0 Å². The maximum absolute atomic E-state index is 5.96. The van der Waals surface area contributed by atoms with Gasteiger partial charge in [0.05, 0.1) is 5.69 Å². The van der Waals surface area contributed by atoms with Crippen LogP contribution in [0.15, 0.2) is 59.3 Å². The van der Waals surface area contributed by atoms with Gasteiger partial charge in [-0.05, 0) is 44.0 Å². The third kappa shape index (κ3) is 4.30. The largest absolute Gasteiger partial charge is 0.460 e. The minimum absolute atomic E-state index is 0.556. The fraction of sp³-hybridized carbons (Fsp3) is 0.393. The number of fused-ring (bicyclic) bond motifs is 1. The maximum Gasteiger partial charge on any atom is 0.154 e. The molecule has 34 heavy (non-hydrogen) atoms. The van der Waals surface area contributed by atoms with Crippen LogP contribution in [-0.4, -0.2) is 31.2 Å². The smallest absolute Gasteiger partial charge is 0.154 e. The van der Waals surface area contributed by atoms with Crippen LogP contribution in [-0.2, 0) is 19.5 Å². The lowest BCUT2D eigenvalue weighted by atomic mass is 9.88. The first kappa shape index (κ1) is 21.3. The fourth-order valence-electron chi connectivity index (χ4n) is 5.33. The summed E-state index contributed by atoms with van der Waals surface area (Å²) in [6, 6.07) is 14.3. The van der Waals surface area contributed by atoms with Crippen molar-refractivity contribution in [3.05, 3.63) is 83.3 Å². The highest BCUT2D eigenvalue weighted by Crippen LogP contribution is 2.32. The first-order chi connectivity index (χ1) is 16.7. The summed E-state index contributed by atoms with van der Waals surface area (Å²) in [5.41, 5.74) is 5.63. The Labute approximate surface area is 200 Å². The molecule has 6 heteroatoms. The van der Waals surface area contributed by atoms with Gasteiger partial charge in [-0.3, -0.25) is 4.90 Å². The average molecular weight is 454 g/mol. The van der Waals surface area contributed by atoms with Crippen LogP contribution in [0.2, 0.25) is 0 Å². The molecule has 6 rings (SSSR count). The van der Waals surface area contributed by atoms with E-state index in [1.165, 1.54) is 48.9 Å². The number of hydrogen-bond donors (Lipinski definition) is 0. The van der Waals surface area contributed by atoms with Gasteiger partial charge in [0.2, 0.25) is 0 Å². The zero-order valence-electron chi connectivity index (χ0n) is 19.8. The summed E-state index contributed by atoms with van der Waals surface area (Å²) in [6.45, 7) is 4.64. The van der Waals surface area contributed by atoms with Gasteiger partial charge in [-0.2, -0.15) is 5.10 Å². The lowest BCUT2D eigenvalue weighted by molar-refractivity contribution is 0.242. The average Bonchev–Trinajstić information content (AvgIpc) is 3.51. The molecule has 3 aromatic heterocycles. The van der Waals surface area contributed by atoms with E-state index in [9.17, 15) is 0 Å². The van der Waals surface area contributed by atoms with E-state index in [-0.39, 0.29) is 0 Å². The number of hydrogen-bond acceptors (Lipinski definition) is 5. The molecule has 0 unspecified atom stereocenters. The van der Waals surface area contributed by atoms with E-state index in [0.29, 0.717) is 5.92 Å². The zero-order valence-corrected chi connectivity index (χ0v) is 19.8. The molecule has 1 aromatic carbocycles. The second-order valence-corrected chi connectivity index (χ2v) is 9.69. The van der Waals surface area contributed by atoms with E-state index < -0.39 is 0 Å². The predicted octanol–water partition coefficient (Wildman–Crippen LogP) is 5.84. The van der Waals surface area contributed by atoms with Crippen LogP contribution in [0.25, 0.3) is 17.1 Å². The summed E-state index contributed by atoms with van der Waals surface area (Å²) < 4.78 is 7.92. The molecular weight excluding hydrogens is 422 g/mol. The van der Waals surface area contributed by atoms with Gasteiger partial charge < -0.3 is 4.42 Å². The van der Waals surface area contributed by atoms with Crippen LogP contribution in [0.1, 0.15) is 66.4 Å². The molecule has 0 bridgehead atoms. The number of furan rings is 1. The molecule has 4 heterocycles. The predicted molar refractivity (Wildman–Crippen MR) is 132 cm³/mol. The van der Waals surface area contributed by atoms with Crippen molar-refractivity contribution < 1.29 is 4.42 Å². The Morgan fingerprint density at radius 1 is 1.03 bits per heavy atom. The Balaban J connectivity index is 1.24. The van der Waals surface area contributed by atoms with Crippen LogP contribution in [0.3, 0.4) is 0 Å². The molecule has 0 spiro atoms. The normalized spacial score (nSPS) is 17.1. The fourth-order valence-corrected chi connectivity index (χ4v) is 5.33. The number of rotatable bonds is 5. The van der Waals surface area contributed by atoms with E-state index in [2.05, 4.69) is 29.4 Å². The van der Waals surface area contributed by atoms with Crippen LogP contribution < -0.4 is 0 Å². The van der Waals surface area contributed by atoms with Crippen LogP contribution in [0, 0.1) is 6.92 Å². The molecule has 4 aromatic rings. The zero-order chi connectivity index (χ0) is 22.9. The number of nitrogens with zero attached hydrogens (tertiary/aromatic N) is 5. The Morgan fingerprint density at radius 2 is 1.88 bits per heavy atom. The molecule has 1 aliphatic carbocycles. The van der Waals surface area contributed by atoms with Crippen molar-refractivity contribution in [2.45, 2.75) is 64.5 Å². The molecule has 0 saturated heterocycles. The first-order valence-electron chi connectivity index (χ1n) is 12.5. The van der Waals surface area contributed by atoms with Gasteiger partial charge in [0.15, 0.2) is 5.76 Å². The van der Waals surface area contributed by atoms with E-state index in [4.69, 9.17) is 19.5 Å². The van der Waals surface area contributed by atoms with Crippen molar-refractivity contribution in [1.29, 1.82) is 0 Å². The number of para-hydroxylation sites is 1. The molecular formula is C28H31N5O. The topological polar surface area (TPSA) is 60.0 Å². The molecule has 1 aliphatic heterocycles. The molecule has 174 valence electrons. The summed E-state index contributed by atoms with van der Waals surface area (Å²) in [7, 11) is 0. The summed E-state index contributed by atoms with van der Waals surface area (Å²) in [4.78, 5) is 12.3. The van der Waals surface area contributed by atoms with Crippen molar-refractivity contribution in [2.24, 2.45) is 0 Å². The Bertz CT molecular complexity index is 1270. The van der Waals surface area contributed by atoms with Crippen LogP contribution in [0.4, 0.5) is 0 Å². The Kier molecular flexibility index (Phi) is 5.75. The molecule has 0 radical (unpaired) electrons. The molecule has 0 amide bonds. The second kappa shape index (κ2) is 9.18. The summed E-state index contributed by atoms with van der Waals surface area (Å²) in [6.07, 6.45) is 11.7. The van der Waals surface area contributed by atoms with Gasteiger partial charge in [0.25, 0.3) is 0 Å². The Hall–Kier alpha value is -3.25. The molecule has 1 saturated carbocycles. The quantitative estimate of drug-likeness (QED) is 0.380. The van der Waals surface area contributed by atoms with Crippen LogP contribution >= 0.6 is 0 Å². The van der Waals surface area contributed by atoms with Crippen molar-refractivity contribution >= 4 is 0 Å². The molecule has 0 N–H and O–H groups in total. The lowest BCUT2D eigenvalue weighted by Gasteiger charge is -2.29. The third-order valence-electron chi connectivity index (χ3n) is 7.18. The highest BCUT2D eigenvalue weighted by atomic mass is 16.3. The van der Waals surface area contributed by atoms with Gasteiger partial charge in [-0.25, -0.2) is 14.6 Å². The summed E-state index contributed by atoms with van der Waals surface area (Å²) in [5.74, 6) is 3.35.